The minimum atomic E-state index is -0.544. The Labute approximate surface area is 213 Å². The van der Waals surface area contributed by atoms with Crippen molar-refractivity contribution in [3.05, 3.63) is 64.8 Å². The van der Waals surface area contributed by atoms with Crippen LogP contribution in [0.3, 0.4) is 0 Å². The second-order valence-corrected chi connectivity index (χ2v) is 9.83. The Morgan fingerprint density at radius 2 is 1.92 bits per heavy atom. The Morgan fingerprint density at radius 1 is 1.17 bits per heavy atom. The highest BCUT2D eigenvalue weighted by Gasteiger charge is 2.29. The number of imidazole rings is 1. The molecule has 1 atom stereocenters. The van der Waals surface area contributed by atoms with Gasteiger partial charge >= 0.3 is 0 Å². The lowest BCUT2D eigenvalue weighted by atomic mass is 9.81. The number of hydrogen-bond donors (Lipinski definition) is 5. The first-order chi connectivity index (χ1) is 17.4. The number of hydrogen-bond acceptors (Lipinski definition) is 5. The van der Waals surface area contributed by atoms with Crippen LogP contribution in [0.25, 0.3) is 22.2 Å². The summed E-state index contributed by atoms with van der Waals surface area (Å²) in [6, 6.07) is 12.6. The Morgan fingerprint density at radius 3 is 2.64 bits per heavy atom. The number of aromatic nitrogens is 4. The lowest BCUT2D eigenvalue weighted by molar-refractivity contribution is -0.127. The Kier molecular flexibility index (Phi) is 6.93. The SMILES string of the molecule is NCC1CCC(C(=O)N[C@@H](Cc2ccccc2)c2nc(-c3ccc4c(N)n[nH]c4c3F)c(Cl)[nH]2)CC1. The molecule has 1 amide bonds. The van der Waals surface area contributed by atoms with Gasteiger partial charge in [0.2, 0.25) is 5.91 Å². The molecule has 8 nitrogen and oxygen atoms in total. The maximum Gasteiger partial charge on any atom is 0.223 e. The minimum absolute atomic E-state index is 0.0130. The van der Waals surface area contributed by atoms with Gasteiger partial charge in [-0.3, -0.25) is 9.89 Å². The fourth-order valence-electron chi connectivity index (χ4n) is 4.99. The van der Waals surface area contributed by atoms with Crippen LogP contribution >= 0.6 is 11.6 Å². The zero-order valence-electron chi connectivity index (χ0n) is 19.7. The lowest BCUT2D eigenvalue weighted by Gasteiger charge is -2.28. The van der Waals surface area contributed by atoms with E-state index in [1.54, 1.807) is 12.1 Å². The summed E-state index contributed by atoms with van der Waals surface area (Å²) in [6.07, 6.45) is 4.04. The zero-order valence-corrected chi connectivity index (χ0v) is 20.5. The van der Waals surface area contributed by atoms with Crippen molar-refractivity contribution in [1.82, 2.24) is 25.5 Å². The predicted octanol–water partition coefficient (Wildman–Crippen LogP) is 4.49. The summed E-state index contributed by atoms with van der Waals surface area (Å²) >= 11 is 6.51. The summed E-state index contributed by atoms with van der Waals surface area (Å²) in [4.78, 5) is 21.0. The summed E-state index contributed by atoms with van der Waals surface area (Å²) in [5.74, 6) is 0.541. The number of H-pyrrole nitrogens is 2. The van der Waals surface area contributed by atoms with Crippen molar-refractivity contribution in [2.24, 2.45) is 17.6 Å². The molecule has 2 heterocycles. The molecule has 0 saturated heterocycles. The standard InChI is InChI=1S/C26H29ClFN7O/c27-23-22(17-10-11-18-21(20(17)28)34-35-24(18)30)32-25(33-23)19(12-14-4-2-1-3-5-14)31-26(36)16-8-6-15(13-29)7-9-16/h1-5,10-11,15-16,19H,6-9,12-13,29H2,(H,31,36)(H,32,33)(H3,30,34,35)/t15?,16?,19-/m0/s1. The number of benzene rings is 2. The Balaban J connectivity index is 1.44. The molecule has 0 aliphatic heterocycles. The summed E-state index contributed by atoms with van der Waals surface area (Å²) in [6.45, 7) is 0.659. The van der Waals surface area contributed by atoms with E-state index in [9.17, 15) is 4.79 Å². The van der Waals surface area contributed by atoms with Gasteiger partial charge in [-0.05, 0) is 62.3 Å². The third kappa shape index (κ3) is 4.81. The molecule has 0 radical (unpaired) electrons. The van der Waals surface area contributed by atoms with Crippen molar-refractivity contribution in [2.75, 3.05) is 12.3 Å². The van der Waals surface area contributed by atoms with Gasteiger partial charge in [0.05, 0.1) is 6.04 Å². The van der Waals surface area contributed by atoms with Gasteiger partial charge in [0.15, 0.2) is 11.6 Å². The third-order valence-corrected chi connectivity index (χ3v) is 7.39. The molecule has 5 rings (SSSR count). The van der Waals surface area contributed by atoms with E-state index in [4.69, 9.17) is 23.1 Å². The highest BCUT2D eigenvalue weighted by atomic mass is 35.5. The number of fused-ring (bicyclic) bond motifs is 1. The van der Waals surface area contributed by atoms with Crippen molar-refractivity contribution in [2.45, 2.75) is 38.1 Å². The number of amides is 1. The molecule has 1 fully saturated rings. The number of nitrogen functional groups attached to an aromatic ring is 1. The van der Waals surface area contributed by atoms with Crippen LogP contribution < -0.4 is 16.8 Å². The number of aromatic amines is 2. The smallest absolute Gasteiger partial charge is 0.223 e. The minimum Gasteiger partial charge on any atom is -0.382 e. The molecule has 36 heavy (non-hydrogen) atoms. The molecule has 2 aromatic carbocycles. The first-order valence-corrected chi connectivity index (χ1v) is 12.5. The zero-order chi connectivity index (χ0) is 25.2. The van der Waals surface area contributed by atoms with Gasteiger partial charge in [0.1, 0.15) is 22.2 Å². The van der Waals surface area contributed by atoms with E-state index in [1.807, 2.05) is 30.3 Å². The van der Waals surface area contributed by atoms with Crippen molar-refractivity contribution in [1.29, 1.82) is 0 Å². The topological polar surface area (TPSA) is 138 Å². The number of halogens is 2. The number of nitrogens with two attached hydrogens (primary N) is 2. The maximum absolute atomic E-state index is 15.3. The van der Waals surface area contributed by atoms with Crippen LogP contribution in [0.2, 0.25) is 5.15 Å². The molecule has 2 aromatic heterocycles. The van der Waals surface area contributed by atoms with Crippen LogP contribution in [-0.4, -0.2) is 32.6 Å². The molecule has 7 N–H and O–H groups in total. The molecule has 0 unspecified atom stereocenters. The molecule has 10 heteroatoms. The van der Waals surface area contributed by atoms with E-state index < -0.39 is 11.9 Å². The van der Waals surface area contributed by atoms with Gasteiger partial charge in [-0.1, -0.05) is 41.9 Å². The number of rotatable bonds is 7. The number of nitrogens with one attached hydrogen (secondary N) is 3. The molecule has 4 aromatic rings. The van der Waals surface area contributed by atoms with Crippen molar-refractivity contribution in [3.8, 4) is 11.3 Å². The molecule has 188 valence electrons. The van der Waals surface area contributed by atoms with E-state index in [1.165, 1.54) is 0 Å². The number of anilines is 1. The second-order valence-electron chi connectivity index (χ2n) is 9.45. The summed E-state index contributed by atoms with van der Waals surface area (Å²) < 4.78 is 15.3. The van der Waals surface area contributed by atoms with Crippen molar-refractivity contribution < 1.29 is 9.18 Å². The first kappa shape index (κ1) is 24.3. The highest BCUT2D eigenvalue weighted by Crippen LogP contribution is 2.34. The average Bonchev–Trinajstić information content (AvgIpc) is 3.47. The van der Waals surface area contributed by atoms with Crippen LogP contribution in [0.15, 0.2) is 42.5 Å². The van der Waals surface area contributed by atoms with Gasteiger partial charge in [-0.25, -0.2) is 9.37 Å². The van der Waals surface area contributed by atoms with Crippen molar-refractivity contribution >= 4 is 34.2 Å². The lowest BCUT2D eigenvalue weighted by Crippen LogP contribution is -2.37. The highest BCUT2D eigenvalue weighted by molar-refractivity contribution is 6.32. The third-order valence-electron chi connectivity index (χ3n) is 7.12. The van der Waals surface area contributed by atoms with Gasteiger partial charge in [-0.2, -0.15) is 5.10 Å². The number of carbonyl (C=O) groups excluding carboxylic acids is 1. The fraction of sp³-hybridized carbons (Fsp3) is 0.346. The summed E-state index contributed by atoms with van der Waals surface area (Å²) in [5.41, 5.74) is 13.3. The van der Waals surface area contributed by atoms with Gasteiger partial charge in [0.25, 0.3) is 0 Å². The first-order valence-electron chi connectivity index (χ1n) is 12.2. The molecule has 1 saturated carbocycles. The number of nitrogens with zero attached hydrogens (tertiary/aromatic N) is 2. The second kappa shape index (κ2) is 10.3. The predicted molar refractivity (Wildman–Crippen MR) is 139 cm³/mol. The van der Waals surface area contributed by atoms with Gasteiger partial charge in [-0.15, -0.1) is 0 Å². The molecule has 0 bridgehead atoms. The normalized spacial score (nSPS) is 18.9. The summed E-state index contributed by atoms with van der Waals surface area (Å²) in [5, 5.41) is 10.3. The van der Waals surface area contributed by atoms with Crippen LogP contribution in [0.1, 0.15) is 43.1 Å². The van der Waals surface area contributed by atoms with E-state index in [-0.39, 0.29) is 39.6 Å². The molecular weight excluding hydrogens is 481 g/mol. The van der Waals surface area contributed by atoms with Crippen LogP contribution in [0, 0.1) is 17.7 Å². The van der Waals surface area contributed by atoms with Gasteiger partial charge < -0.3 is 21.8 Å². The Bertz CT molecular complexity index is 1360. The molecule has 1 aliphatic rings. The maximum atomic E-state index is 15.3. The van der Waals surface area contributed by atoms with Gasteiger partial charge in [0, 0.05) is 16.9 Å². The van der Waals surface area contributed by atoms with Crippen molar-refractivity contribution in [3.63, 3.8) is 0 Å². The summed E-state index contributed by atoms with van der Waals surface area (Å²) in [7, 11) is 0. The van der Waals surface area contributed by atoms with Crippen LogP contribution in [0.5, 0.6) is 0 Å². The van der Waals surface area contributed by atoms with E-state index >= 15 is 4.39 Å². The van der Waals surface area contributed by atoms with Crippen LogP contribution in [0.4, 0.5) is 10.2 Å². The fourth-order valence-corrected chi connectivity index (χ4v) is 5.23. The molecule has 1 aliphatic carbocycles. The van der Waals surface area contributed by atoms with Crippen LogP contribution in [-0.2, 0) is 11.2 Å². The van der Waals surface area contributed by atoms with E-state index in [2.05, 4.69) is 25.5 Å². The van der Waals surface area contributed by atoms with E-state index in [0.717, 1.165) is 31.2 Å². The van der Waals surface area contributed by atoms with E-state index in [0.29, 0.717) is 30.1 Å². The average molecular weight is 510 g/mol. The Hall–Kier alpha value is -3.43. The monoisotopic (exact) mass is 509 g/mol. The quantitative estimate of drug-likeness (QED) is 0.250. The largest absolute Gasteiger partial charge is 0.382 e. The molecule has 0 spiro atoms. The number of carbonyl (C=O) groups is 1. The molecular formula is C26H29ClFN7O.